The molecule has 37 heavy (non-hydrogen) atoms. The van der Waals surface area contributed by atoms with Crippen molar-refractivity contribution in [1.29, 1.82) is 0 Å². The summed E-state index contributed by atoms with van der Waals surface area (Å²) in [4.78, 5) is 7.17. The molecule has 1 N–H and O–H groups in total. The van der Waals surface area contributed by atoms with Gasteiger partial charge in [-0.2, -0.15) is 13.2 Å². The van der Waals surface area contributed by atoms with Crippen LogP contribution in [0.3, 0.4) is 0 Å². The summed E-state index contributed by atoms with van der Waals surface area (Å²) in [5, 5.41) is 8.88. The molecule has 4 aromatic rings. The van der Waals surface area contributed by atoms with Gasteiger partial charge in [0.25, 0.3) is 0 Å². The number of alkyl halides is 4. The monoisotopic (exact) mass is 514 g/mol. The maximum Gasteiger partial charge on any atom is 0.416 e. The molecule has 2 atom stereocenters. The summed E-state index contributed by atoms with van der Waals surface area (Å²) >= 11 is 0. The lowest BCUT2D eigenvalue weighted by molar-refractivity contribution is -0.138. The Labute approximate surface area is 212 Å². The zero-order valence-corrected chi connectivity index (χ0v) is 20.6. The predicted octanol–water partition coefficient (Wildman–Crippen LogP) is 5.24. The van der Waals surface area contributed by atoms with Gasteiger partial charge in [0.2, 0.25) is 0 Å². The number of nitrogens with one attached hydrogen (secondary N) is 1. The summed E-state index contributed by atoms with van der Waals surface area (Å²) in [6.45, 7) is 1.85. The molecule has 1 aliphatic heterocycles. The fraction of sp³-hybridized carbons (Fsp3) is 0.407. The smallest absolute Gasteiger partial charge is 0.361 e. The topological polar surface area (TPSA) is 53.0 Å². The lowest BCUT2D eigenvalue weighted by Crippen LogP contribution is -2.51. The Morgan fingerprint density at radius 1 is 1.08 bits per heavy atom. The number of aromatic amines is 1. The molecule has 0 saturated carbocycles. The van der Waals surface area contributed by atoms with E-state index in [0.717, 1.165) is 48.6 Å². The molecule has 0 unspecified atom stereocenters. The van der Waals surface area contributed by atoms with E-state index in [0.29, 0.717) is 13.0 Å². The van der Waals surface area contributed by atoms with E-state index in [9.17, 15) is 13.2 Å². The second kappa shape index (κ2) is 10.6. The van der Waals surface area contributed by atoms with E-state index >= 15 is 4.39 Å². The van der Waals surface area contributed by atoms with Crippen LogP contribution < -0.4 is 0 Å². The predicted molar refractivity (Wildman–Crippen MR) is 134 cm³/mol. The van der Waals surface area contributed by atoms with Gasteiger partial charge in [-0.3, -0.25) is 9.47 Å². The highest BCUT2D eigenvalue weighted by atomic mass is 19.4. The number of benzene rings is 2. The summed E-state index contributed by atoms with van der Waals surface area (Å²) in [5.41, 5.74) is 2.79. The molecule has 3 heterocycles. The summed E-state index contributed by atoms with van der Waals surface area (Å²) in [6.07, 6.45) is 2.15. The van der Waals surface area contributed by atoms with Crippen molar-refractivity contribution >= 4 is 10.9 Å². The zero-order valence-electron chi connectivity index (χ0n) is 20.6. The van der Waals surface area contributed by atoms with Gasteiger partial charge in [-0.05, 0) is 74.8 Å². The van der Waals surface area contributed by atoms with E-state index in [1.807, 2.05) is 22.9 Å². The van der Waals surface area contributed by atoms with E-state index in [2.05, 4.69) is 26.1 Å². The first-order chi connectivity index (χ1) is 17.8. The van der Waals surface area contributed by atoms with Crippen LogP contribution in [0.2, 0.25) is 0 Å². The largest absolute Gasteiger partial charge is 0.416 e. The van der Waals surface area contributed by atoms with E-state index in [1.165, 1.54) is 17.7 Å². The highest BCUT2D eigenvalue weighted by molar-refractivity contribution is 5.85. The lowest BCUT2D eigenvalue weighted by atomic mass is 9.99. The van der Waals surface area contributed by atoms with Crippen LogP contribution in [0.25, 0.3) is 16.6 Å². The van der Waals surface area contributed by atoms with Crippen molar-refractivity contribution in [3.8, 4) is 5.69 Å². The number of halogens is 4. The van der Waals surface area contributed by atoms with Crippen LogP contribution in [0.4, 0.5) is 17.6 Å². The average molecular weight is 515 g/mol. The first-order valence-corrected chi connectivity index (χ1v) is 12.5. The third kappa shape index (κ3) is 5.70. The number of aromatic nitrogens is 4. The van der Waals surface area contributed by atoms with E-state index < -0.39 is 24.0 Å². The van der Waals surface area contributed by atoms with Gasteiger partial charge in [0, 0.05) is 41.9 Å². The first kappa shape index (κ1) is 25.4. The third-order valence-corrected chi connectivity index (χ3v) is 7.29. The standard InChI is InChI=1S/C27H30F4N6/c1-35(15-20-5-2-3-7-23(20)27(29,30)31)26-10-12-36(16-24(26)28)11-4-6-19-14-32-25-9-8-21(13-22(19)25)37-17-33-34-18-37/h2-3,5,7-9,13-14,17-18,24,26,32H,4,6,10-12,15-16H2,1H3/t24-,26-/m1/s1. The Hall–Kier alpha value is -3.24. The minimum absolute atomic E-state index is 0.0679. The van der Waals surface area contributed by atoms with Gasteiger partial charge in [0.05, 0.1) is 5.56 Å². The normalized spacial score (nSPS) is 19.2. The molecular weight excluding hydrogens is 484 g/mol. The van der Waals surface area contributed by atoms with Crippen molar-refractivity contribution in [1.82, 2.24) is 29.5 Å². The number of nitrogens with zero attached hydrogens (tertiary/aromatic N) is 5. The minimum Gasteiger partial charge on any atom is -0.361 e. The molecule has 0 bridgehead atoms. The van der Waals surface area contributed by atoms with Crippen LogP contribution in [0, 0.1) is 0 Å². The second-order valence-electron chi connectivity index (χ2n) is 9.76. The quantitative estimate of drug-likeness (QED) is 0.327. The molecule has 1 fully saturated rings. The van der Waals surface area contributed by atoms with E-state index in [-0.39, 0.29) is 12.1 Å². The van der Waals surface area contributed by atoms with Crippen molar-refractivity contribution < 1.29 is 17.6 Å². The van der Waals surface area contributed by atoms with E-state index in [1.54, 1.807) is 30.7 Å². The molecule has 1 aliphatic rings. The number of H-pyrrole nitrogens is 1. The molecule has 2 aromatic carbocycles. The molecular formula is C27H30F4N6. The third-order valence-electron chi connectivity index (χ3n) is 7.29. The summed E-state index contributed by atoms with van der Waals surface area (Å²) < 4.78 is 57.1. The summed E-state index contributed by atoms with van der Waals surface area (Å²) in [5.74, 6) is 0. The number of hydrogen-bond acceptors (Lipinski definition) is 4. The van der Waals surface area contributed by atoms with Crippen LogP contribution in [0.5, 0.6) is 0 Å². The van der Waals surface area contributed by atoms with Gasteiger partial charge in [0.1, 0.15) is 18.8 Å². The van der Waals surface area contributed by atoms with Crippen molar-refractivity contribution in [3.63, 3.8) is 0 Å². The van der Waals surface area contributed by atoms with Gasteiger partial charge in [-0.1, -0.05) is 18.2 Å². The van der Waals surface area contributed by atoms with Crippen molar-refractivity contribution in [2.45, 2.75) is 44.2 Å². The molecule has 2 aromatic heterocycles. The Balaban J connectivity index is 1.15. The molecule has 0 aliphatic carbocycles. The molecule has 5 rings (SSSR count). The van der Waals surface area contributed by atoms with Crippen LogP contribution in [-0.2, 0) is 19.1 Å². The highest BCUT2D eigenvalue weighted by Gasteiger charge is 2.35. The fourth-order valence-corrected chi connectivity index (χ4v) is 5.34. The molecule has 0 spiro atoms. The van der Waals surface area contributed by atoms with Gasteiger partial charge in [-0.15, -0.1) is 10.2 Å². The number of likely N-dealkylation sites (tertiary alicyclic amines) is 1. The highest BCUT2D eigenvalue weighted by Crippen LogP contribution is 2.33. The van der Waals surface area contributed by atoms with Crippen LogP contribution in [-0.4, -0.2) is 68.4 Å². The van der Waals surface area contributed by atoms with Gasteiger partial charge in [0.15, 0.2) is 0 Å². The zero-order chi connectivity index (χ0) is 26.0. The van der Waals surface area contributed by atoms with Crippen LogP contribution >= 0.6 is 0 Å². The SMILES string of the molecule is CN(Cc1ccccc1C(F)(F)F)[C@@H]1CCN(CCCc2c[nH]c3ccc(-n4cnnc4)cc23)C[C@H]1F. The maximum absolute atomic E-state index is 15.2. The maximum atomic E-state index is 15.2. The molecule has 10 heteroatoms. The molecule has 1 saturated heterocycles. The van der Waals surface area contributed by atoms with Crippen molar-refractivity contribution in [2.75, 3.05) is 26.7 Å². The first-order valence-electron chi connectivity index (χ1n) is 12.5. The van der Waals surface area contributed by atoms with Gasteiger partial charge in [-0.25, -0.2) is 4.39 Å². The summed E-state index contributed by atoms with van der Waals surface area (Å²) in [7, 11) is 1.71. The second-order valence-corrected chi connectivity index (χ2v) is 9.76. The molecule has 6 nitrogen and oxygen atoms in total. The van der Waals surface area contributed by atoms with Crippen LogP contribution in [0.1, 0.15) is 29.5 Å². The minimum atomic E-state index is -4.42. The number of aryl methyl sites for hydroxylation is 1. The lowest BCUT2D eigenvalue weighted by Gasteiger charge is -2.39. The van der Waals surface area contributed by atoms with E-state index in [4.69, 9.17) is 0 Å². The molecule has 196 valence electrons. The molecule has 0 radical (unpaired) electrons. The van der Waals surface area contributed by atoms with Crippen molar-refractivity contribution in [2.24, 2.45) is 0 Å². The number of hydrogen-bond donors (Lipinski definition) is 1. The number of fused-ring (bicyclic) bond motifs is 1. The molecule has 0 amide bonds. The number of rotatable bonds is 8. The average Bonchev–Trinajstić information content (AvgIpc) is 3.54. The van der Waals surface area contributed by atoms with Crippen molar-refractivity contribution in [3.05, 3.63) is 78.0 Å². The Kier molecular flexibility index (Phi) is 7.30. The summed E-state index contributed by atoms with van der Waals surface area (Å²) in [6, 6.07) is 11.3. The number of piperidine rings is 1. The van der Waals surface area contributed by atoms with Gasteiger partial charge < -0.3 is 9.88 Å². The van der Waals surface area contributed by atoms with Crippen LogP contribution in [0.15, 0.2) is 61.3 Å². The fourth-order valence-electron chi connectivity index (χ4n) is 5.34. The Morgan fingerprint density at radius 2 is 1.86 bits per heavy atom. The van der Waals surface area contributed by atoms with Gasteiger partial charge >= 0.3 is 6.18 Å². The Bertz CT molecular complexity index is 1320. The Morgan fingerprint density at radius 3 is 2.62 bits per heavy atom.